The van der Waals surface area contributed by atoms with Crippen LogP contribution in [0.2, 0.25) is 0 Å². The zero-order valence-corrected chi connectivity index (χ0v) is 21.8. The molecule has 0 radical (unpaired) electrons. The van der Waals surface area contributed by atoms with Gasteiger partial charge < -0.3 is 9.84 Å². The molecule has 7 atom stereocenters. The molecular weight excluding hydrogens is 428 g/mol. The summed E-state index contributed by atoms with van der Waals surface area (Å²) in [7, 11) is 0. The third kappa shape index (κ3) is 4.97. The number of aliphatic hydroxyl groups is 1. The van der Waals surface area contributed by atoms with E-state index >= 15 is 0 Å². The molecule has 3 aliphatic carbocycles. The summed E-state index contributed by atoms with van der Waals surface area (Å²) < 4.78 is 7.23. The van der Waals surface area contributed by atoms with Crippen molar-refractivity contribution in [2.24, 2.45) is 34.5 Å². The zero-order chi connectivity index (χ0) is 24.4. The number of nitrogens with zero attached hydrogens (tertiary/aromatic N) is 4. The molecule has 0 aromatic carbocycles. The highest BCUT2D eigenvalue weighted by molar-refractivity contribution is 5.81. The van der Waals surface area contributed by atoms with Gasteiger partial charge in [-0.15, -0.1) is 5.10 Å². The maximum absolute atomic E-state index is 13.0. The first-order valence-corrected chi connectivity index (χ1v) is 13.8. The van der Waals surface area contributed by atoms with Gasteiger partial charge in [-0.2, -0.15) is 0 Å². The molecule has 34 heavy (non-hydrogen) atoms. The van der Waals surface area contributed by atoms with Crippen LogP contribution in [0.4, 0.5) is 0 Å². The molecule has 0 spiro atoms. The van der Waals surface area contributed by atoms with Gasteiger partial charge in [0.05, 0.1) is 12.2 Å². The summed E-state index contributed by atoms with van der Waals surface area (Å²) in [6.07, 6.45) is 13.6. The number of carbonyl (C=O) groups excluding carboxylic acids is 1. The lowest BCUT2D eigenvalue weighted by molar-refractivity contribution is -0.168. The van der Waals surface area contributed by atoms with Crippen LogP contribution in [0.1, 0.15) is 98.3 Å². The second kappa shape index (κ2) is 10.3. The van der Waals surface area contributed by atoms with Gasteiger partial charge in [0.25, 0.3) is 0 Å². The van der Waals surface area contributed by atoms with Crippen molar-refractivity contribution < 1.29 is 14.6 Å². The molecule has 1 aromatic heterocycles. The molecule has 0 unspecified atom stereocenters. The molecule has 7 heteroatoms. The highest BCUT2D eigenvalue weighted by Gasteiger charge is 2.59. The lowest BCUT2D eigenvalue weighted by Gasteiger charge is -2.62. The molecular formula is C27H46N4O3. The number of ether oxygens (including phenoxy) is 1. The van der Waals surface area contributed by atoms with Crippen molar-refractivity contribution in [2.45, 2.75) is 110 Å². The Morgan fingerprint density at radius 3 is 2.62 bits per heavy atom. The van der Waals surface area contributed by atoms with Crippen molar-refractivity contribution in [3.63, 3.8) is 0 Å². The number of fused-ring (bicyclic) bond motifs is 1. The molecule has 0 bridgehead atoms. The van der Waals surface area contributed by atoms with Crippen molar-refractivity contribution in [3.05, 3.63) is 6.33 Å². The van der Waals surface area contributed by atoms with Gasteiger partial charge in [0.1, 0.15) is 12.9 Å². The third-order valence-electron chi connectivity index (χ3n) is 10.3. The average Bonchev–Trinajstić information content (AvgIpc) is 3.51. The number of tetrazole rings is 1. The Labute approximate surface area is 205 Å². The highest BCUT2D eigenvalue weighted by Crippen LogP contribution is 2.66. The van der Waals surface area contributed by atoms with E-state index in [1.54, 1.807) is 4.68 Å². The Hall–Kier alpha value is -1.34. The van der Waals surface area contributed by atoms with Crippen LogP contribution in [0.25, 0.3) is 0 Å². The fourth-order valence-electron chi connectivity index (χ4n) is 8.20. The van der Waals surface area contributed by atoms with E-state index in [0.29, 0.717) is 37.5 Å². The van der Waals surface area contributed by atoms with Crippen molar-refractivity contribution in [2.75, 3.05) is 13.2 Å². The summed E-state index contributed by atoms with van der Waals surface area (Å²) in [5.74, 6) is 2.21. The lowest BCUT2D eigenvalue weighted by Crippen LogP contribution is -2.57. The fourth-order valence-corrected chi connectivity index (χ4v) is 8.20. The van der Waals surface area contributed by atoms with Gasteiger partial charge in [0.15, 0.2) is 5.78 Å². The Morgan fingerprint density at radius 1 is 1.12 bits per heavy atom. The van der Waals surface area contributed by atoms with Crippen LogP contribution in [-0.2, 0) is 16.1 Å². The van der Waals surface area contributed by atoms with Crippen LogP contribution in [0.15, 0.2) is 6.33 Å². The Kier molecular flexibility index (Phi) is 7.83. The summed E-state index contributed by atoms with van der Waals surface area (Å²) in [4.78, 5) is 13.0. The van der Waals surface area contributed by atoms with Crippen LogP contribution in [0, 0.1) is 34.5 Å². The summed E-state index contributed by atoms with van der Waals surface area (Å²) in [6.45, 7) is 10.8. The van der Waals surface area contributed by atoms with Crippen molar-refractivity contribution in [3.8, 4) is 0 Å². The molecule has 1 N–H and O–H groups in total. The quantitative estimate of drug-likeness (QED) is 0.522. The number of hydrogen-bond acceptors (Lipinski definition) is 6. The topological polar surface area (TPSA) is 90.1 Å². The van der Waals surface area contributed by atoms with Crippen molar-refractivity contribution in [1.29, 1.82) is 0 Å². The number of aromatic nitrogens is 4. The largest absolute Gasteiger partial charge is 0.387 e. The molecule has 4 rings (SSSR count). The van der Waals surface area contributed by atoms with Crippen LogP contribution >= 0.6 is 0 Å². The highest BCUT2D eigenvalue weighted by atomic mass is 16.5. The predicted octanol–water partition coefficient (Wildman–Crippen LogP) is 4.84. The van der Waals surface area contributed by atoms with E-state index in [0.717, 1.165) is 38.5 Å². The van der Waals surface area contributed by atoms with Crippen LogP contribution < -0.4 is 0 Å². The molecule has 1 heterocycles. The smallest absolute Gasteiger partial charge is 0.157 e. The van der Waals surface area contributed by atoms with Gasteiger partial charge in [-0.3, -0.25) is 4.79 Å². The van der Waals surface area contributed by atoms with Gasteiger partial charge in [0.2, 0.25) is 0 Å². The van der Waals surface area contributed by atoms with Gasteiger partial charge >= 0.3 is 0 Å². The SMILES string of the molecule is CCCC[C@H]1[C@](C)([C@@H]2CC[C@H](C(=O)Cn3cnnn3)C2)CC[C@H]2C[C@@](O)(COCC)CC[C@@]21C. The molecule has 3 saturated carbocycles. The van der Waals surface area contributed by atoms with Crippen molar-refractivity contribution >= 4 is 5.78 Å². The number of Topliss-reactive ketones (excluding diaryl/α,β-unsaturated/α-hetero) is 1. The van der Waals surface area contributed by atoms with Gasteiger partial charge in [0, 0.05) is 12.5 Å². The number of unbranched alkanes of at least 4 members (excludes halogenated alkanes) is 1. The standard InChI is InChI=1S/C27H46N4O3/c1-5-7-8-24-25(3,21-10-9-20(15-21)23(32)17-31-19-28-29-30-31)12-11-22-16-27(33,18-34-6-2)14-13-26(22,24)4/h19-22,24,33H,5-18H2,1-4H3/t20-,21+,22-,24-,25-,26-,27+/m0/s1. The first kappa shape index (κ1) is 25.7. The maximum Gasteiger partial charge on any atom is 0.157 e. The minimum atomic E-state index is -0.662. The van der Waals surface area contributed by atoms with E-state index < -0.39 is 5.60 Å². The predicted molar refractivity (Wildman–Crippen MR) is 131 cm³/mol. The minimum Gasteiger partial charge on any atom is -0.387 e. The maximum atomic E-state index is 13.0. The third-order valence-corrected chi connectivity index (χ3v) is 10.3. The van der Waals surface area contributed by atoms with E-state index in [1.165, 1.54) is 38.4 Å². The minimum absolute atomic E-state index is 0.131. The molecule has 3 fully saturated rings. The van der Waals surface area contributed by atoms with E-state index in [4.69, 9.17) is 4.74 Å². The molecule has 7 nitrogen and oxygen atoms in total. The van der Waals surface area contributed by atoms with E-state index in [-0.39, 0.29) is 22.5 Å². The summed E-state index contributed by atoms with van der Waals surface area (Å²) in [6, 6.07) is 0. The van der Waals surface area contributed by atoms with Crippen LogP contribution in [0.5, 0.6) is 0 Å². The van der Waals surface area contributed by atoms with Crippen LogP contribution in [-0.4, -0.2) is 49.9 Å². The van der Waals surface area contributed by atoms with Crippen LogP contribution in [0.3, 0.4) is 0 Å². The number of ketones is 1. The Bertz CT molecular complexity index is 817. The molecule has 3 aliphatic rings. The lowest BCUT2D eigenvalue weighted by atomic mass is 9.43. The first-order valence-electron chi connectivity index (χ1n) is 13.8. The Balaban J connectivity index is 1.49. The molecule has 1 aromatic rings. The monoisotopic (exact) mass is 474 g/mol. The summed E-state index contributed by atoms with van der Waals surface area (Å²) in [5.41, 5.74) is -0.140. The van der Waals surface area contributed by atoms with Crippen molar-refractivity contribution in [1.82, 2.24) is 20.2 Å². The van der Waals surface area contributed by atoms with E-state index in [2.05, 4.69) is 36.3 Å². The molecule has 0 amide bonds. The molecule has 0 saturated heterocycles. The summed E-state index contributed by atoms with van der Waals surface area (Å²) in [5, 5.41) is 22.5. The van der Waals surface area contributed by atoms with E-state index in [1.807, 2.05) is 6.92 Å². The Morgan fingerprint density at radius 2 is 1.91 bits per heavy atom. The zero-order valence-electron chi connectivity index (χ0n) is 21.8. The average molecular weight is 475 g/mol. The molecule has 0 aliphatic heterocycles. The first-order chi connectivity index (χ1) is 16.2. The second-order valence-corrected chi connectivity index (χ2v) is 12.2. The second-order valence-electron chi connectivity index (χ2n) is 12.2. The van der Waals surface area contributed by atoms with E-state index in [9.17, 15) is 9.90 Å². The molecule has 192 valence electrons. The fraction of sp³-hybridized carbons (Fsp3) is 0.926. The summed E-state index contributed by atoms with van der Waals surface area (Å²) >= 11 is 0. The van der Waals surface area contributed by atoms with Gasteiger partial charge in [-0.05, 0) is 104 Å². The number of hydrogen-bond donors (Lipinski definition) is 1. The number of rotatable bonds is 10. The van der Waals surface area contributed by atoms with Gasteiger partial charge in [-0.25, -0.2) is 4.68 Å². The number of carbonyl (C=O) groups is 1. The van der Waals surface area contributed by atoms with Gasteiger partial charge in [-0.1, -0.05) is 33.6 Å². The normalized spacial score (nSPS) is 40.3.